The molecular formula is C16H21BrN2O2. The van der Waals surface area contributed by atoms with Crippen LogP contribution in [0.4, 0.5) is 5.69 Å². The van der Waals surface area contributed by atoms with E-state index >= 15 is 0 Å². The number of nitrogens with zero attached hydrogens (tertiary/aromatic N) is 1. The lowest BCUT2D eigenvalue weighted by atomic mass is 10.2. The fourth-order valence-electron chi connectivity index (χ4n) is 3.11. The Balaban J connectivity index is 1.32. The number of ether oxygens (including phenoxy) is 1. The van der Waals surface area contributed by atoms with Crippen molar-refractivity contribution in [3.63, 3.8) is 0 Å². The number of nitrogens with one attached hydrogen (secondary N) is 1. The topological polar surface area (TPSA) is 41.6 Å². The number of carbonyl (C=O) groups excluding carboxylic acids is 1. The summed E-state index contributed by atoms with van der Waals surface area (Å²) < 4.78 is 6.61. The van der Waals surface area contributed by atoms with Crippen LogP contribution in [0.2, 0.25) is 0 Å². The summed E-state index contributed by atoms with van der Waals surface area (Å²) in [4.78, 5) is 14.4. The van der Waals surface area contributed by atoms with Gasteiger partial charge in [-0.05, 0) is 50.1 Å². The number of likely N-dealkylation sites (tertiary alicyclic amines) is 1. The SMILES string of the molecule is O=C(CCCCN1C[C@@H]2C[C@H]1CO2)Nc1ccc(Br)cc1. The molecule has 1 amide bonds. The van der Waals surface area contributed by atoms with Crippen molar-refractivity contribution >= 4 is 27.5 Å². The van der Waals surface area contributed by atoms with Gasteiger partial charge in [-0.15, -0.1) is 0 Å². The molecule has 1 aromatic carbocycles. The van der Waals surface area contributed by atoms with E-state index in [4.69, 9.17) is 4.74 Å². The number of morpholine rings is 1. The van der Waals surface area contributed by atoms with Crippen LogP contribution < -0.4 is 5.32 Å². The van der Waals surface area contributed by atoms with Gasteiger partial charge in [0.15, 0.2) is 0 Å². The minimum atomic E-state index is 0.101. The predicted octanol–water partition coefficient (Wildman–Crippen LogP) is 3.03. The van der Waals surface area contributed by atoms with E-state index in [1.807, 2.05) is 24.3 Å². The van der Waals surface area contributed by atoms with Crippen LogP contribution >= 0.6 is 15.9 Å². The standard InChI is InChI=1S/C16H21BrN2O2/c17-12-4-6-13(7-5-12)18-16(20)3-1-2-8-19-10-15-9-14(19)11-21-15/h4-7,14-15H,1-3,8-11H2,(H,18,20)/t14-,15-/m0/s1. The molecule has 0 aromatic heterocycles. The molecule has 2 atom stereocenters. The molecule has 4 nitrogen and oxygen atoms in total. The van der Waals surface area contributed by atoms with Crippen LogP contribution in [0, 0.1) is 0 Å². The zero-order chi connectivity index (χ0) is 14.7. The third-order valence-corrected chi connectivity index (χ3v) is 4.77. The van der Waals surface area contributed by atoms with E-state index in [0.717, 1.165) is 42.7 Å². The zero-order valence-corrected chi connectivity index (χ0v) is 13.6. The molecule has 0 aliphatic carbocycles. The number of amides is 1. The highest BCUT2D eigenvalue weighted by atomic mass is 79.9. The van der Waals surface area contributed by atoms with Gasteiger partial charge in [0.1, 0.15) is 0 Å². The number of fused-ring (bicyclic) bond motifs is 2. The summed E-state index contributed by atoms with van der Waals surface area (Å²) in [7, 11) is 0. The molecule has 0 radical (unpaired) electrons. The second-order valence-electron chi connectivity index (χ2n) is 5.85. The molecule has 0 unspecified atom stereocenters. The molecule has 3 rings (SSSR count). The lowest BCUT2D eigenvalue weighted by molar-refractivity contribution is -0.116. The summed E-state index contributed by atoms with van der Waals surface area (Å²) in [5, 5.41) is 2.93. The first-order valence-corrected chi connectivity index (χ1v) is 8.41. The van der Waals surface area contributed by atoms with Crippen LogP contribution in [-0.2, 0) is 9.53 Å². The number of unbranched alkanes of at least 4 members (excludes halogenated alkanes) is 1. The predicted molar refractivity (Wildman–Crippen MR) is 86.3 cm³/mol. The molecule has 1 aromatic rings. The van der Waals surface area contributed by atoms with E-state index < -0.39 is 0 Å². The molecule has 21 heavy (non-hydrogen) atoms. The van der Waals surface area contributed by atoms with Gasteiger partial charge >= 0.3 is 0 Å². The summed E-state index contributed by atoms with van der Waals surface area (Å²) in [6.45, 7) is 3.07. The van der Waals surface area contributed by atoms with Gasteiger partial charge in [0.05, 0.1) is 12.7 Å². The second kappa shape index (κ2) is 6.90. The van der Waals surface area contributed by atoms with E-state index in [0.29, 0.717) is 18.6 Å². The van der Waals surface area contributed by atoms with Crippen molar-refractivity contribution in [1.82, 2.24) is 4.90 Å². The van der Waals surface area contributed by atoms with Crippen molar-refractivity contribution in [1.29, 1.82) is 0 Å². The van der Waals surface area contributed by atoms with Crippen molar-refractivity contribution in [2.24, 2.45) is 0 Å². The van der Waals surface area contributed by atoms with E-state index in [-0.39, 0.29) is 5.91 Å². The Morgan fingerprint density at radius 1 is 1.33 bits per heavy atom. The number of carbonyl (C=O) groups is 1. The number of hydrogen-bond acceptors (Lipinski definition) is 3. The normalized spacial score (nSPS) is 24.4. The van der Waals surface area contributed by atoms with Crippen LogP contribution in [0.1, 0.15) is 25.7 Å². The molecule has 2 aliphatic heterocycles. The molecule has 1 N–H and O–H groups in total. The molecule has 0 saturated carbocycles. The summed E-state index contributed by atoms with van der Waals surface area (Å²) in [5.41, 5.74) is 0.859. The van der Waals surface area contributed by atoms with Crippen LogP contribution in [0.15, 0.2) is 28.7 Å². The fourth-order valence-corrected chi connectivity index (χ4v) is 3.37. The number of benzene rings is 1. The van der Waals surface area contributed by atoms with Gasteiger partial charge in [0, 0.05) is 29.2 Å². The summed E-state index contributed by atoms with van der Waals surface area (Å²) in [5.74, 6) is 0.101. The fraction of sp³-hybridized carbons (Fsp3) is 0.562. The Morgan fingerprint density at radius 3 is 2.81 bits per heavy atom. The first-order valence-electron chi connectivity index (χ1n) is 7.62. The first-order chi connectivity index (χ1) is 10.2. The zero-order valence-electron chi connectivity index (χ0n) is 12.1. The number of rotatable bonds is 6. The lowest BCUT2D eigenvalue weighted by Gasteiger charge is -2.26. The van der Waals surface area contributed by atoms with Crippen LogP contribution in [0.25, 0.3) is 0 Å². The minimum absolute atomic E-state index is 0.101. The van der Waals surface area contributed by atoms with Gasteiger partial charge in [-0.1, -0.05) is 15.9 Å². The quantitative estimate of drug-likeness (QED) is 0.800. The van der Waals surface area contributed by atoms with Gasteiger partial charge in [0.25, 0.3) is 0 Å². The molecule has 2 heterocycles. The number of hydrogen-bond donors (Lipinski definition) is 1. The molecule has 2 fully saturated rings. The Morgan fingerprint density at radius 2 is 2.14 bits per heavy atom. The average molecular weight is 353 g/mol. The third kappa shape index (κ3) is 4.05. The van der Waals surface area contributed by atoms with Crippen molar-refractivity contribution in [3.8, 4) is 0 Å². The van der Waals surface area contributed by atoms with Gasteiger partial charge in [-0.2, -0.15) is 0 Å². The third-order valence-electron chi connectivity index (χ3n) is 4.24. The molecule has 0 spiro atoms. The molecule has 5 heteroatoms. The largest absolute Gasteiger partial charge is 0.375 e. The summed E-state index contributed by atoms with van der Waals surface area (Å²) in [6, 6.07) is 8.30. The molecule has 114 valence electrons. The smallest absolute Gasteiger partial charge is 0.224 e. The van der Waals surface area contributed by atoms with Gasteiger partial charge in [-0.25, -0.2) is 0 Å². The Labute approximate surface area is 134 Å². The van der Waals surface area contributed by atoms with E-state index in [2.05, 4.69) is 26.1 Å². The van der Waals surface area contributed by atoms with Crippen molar-refractivity contribution < 1.29 is 9.53 Å². The monoisotopic (exact) mass is 352 g/mol. The maximum Gasteiger partial charge on any atom is 0.224 e. The van der Waals surface area contributed by atoms with Crippen molar-refractivity contribution in [3.05, 3.63) is 28.7 Å². The molecule has 2 saturated heterocycles. The lowest BCUT2D eigenvalue weighted by Crippen LogP contribution is -2.37. The Bertz CT molecular complexity index is 492. The van der Waals surface area contributed by atoms with Gasteiger partial charge in [0.2, 0.25) is 5.91 Å². The Kier molecular flexibility index (Phi) is 4.93. The maximum absolute atomic E-state index is 11.9. The highest BCUT2D eigenvalue weighted by Gasteiger charge is 2.38. The van der Waals surface area contributed by atoms with Gasteiger partial charge in [-0.3, -0.25) is 9.69 Å². The van der Waals surface area contributed by atoms with Crippen LogP contribution in [0.3, 0.4) is 0 Å². The molecule has 2 aliphatic rings. The van der Waals surface area contributed by atoms with E-state index in [1.54, 1.807) is 0 Å². The van der Waals surface area contributed by atoms with E-state index in [1.165, 1.54) is 6.42 Å². The van der Waals surface area contributed by atoms with Crippen molar-refractivity contribution in [2.45, 2.75) is 37.8 Å². The van der Waals surface area contributed by atoms with Crippen LogP contribution in [0.5, 0.6) is 0 Å². The second-order valence-corrected chi connectivity index (χ2v) is 6.77. The van der Waals surface area contributed by atoms with E-state index in [9.17, 15) is 4.79 Å². The number of anilines is 1. The minimum Gasteiger partial charge on any atom is -0.375 e. The summed E-state index contributed by atoms with van der Waals surface area (Å²) >= 11 is 3.38. The average Bonchev–Trinajstić information content (AvgIpc) is 3.09. The number of halogens is 1. The first kappa shape index (κ1) is 15.0. The Hall–Kier alpha value is -0.910. The van der Waals surface area contributed by atoms with Crippen LogP contribution in [-0.4, -0.2) is 42.6 Å². The highest BCUT2D eigenvalue weighted by Crippen LogP contribution is 2.27. The summed E-state index contributed by atoms with van der Waals surface area (Å²) in [6.07, 6.45) is 4.28. The molecular weight excluding hydrogens is 332 g/mol. The van der Waals surface area contributed by atoms with Gasteiger partial charge < -0.3 is 10.1 Å². The highest BCUT2D eigenvalue weighted by molar-refractivity contribution is 9.10. The molecule has 2 bridgehead atoms. The maximum atomic E-state index is 11.9. The van der Waals surface area contributed by atoms with Crippen molar-refractivity contribution in [2.75, 3.05) is 25.0 Å².